The van der Waals surface area contributed by atoms with Gasteiger partial charge in [-0.05, 0) is 19.1 Å². The van der Waals surface area contributed by atoms with Crippen molar-refractivity contribution in [1.82, 2.24) is 9.97 Å². The van der Waals surface area contributed by atoms with Gasteiger partial charge in [-0.3, -0.25) is 0 Å². The number of halogens is 1. The van der Waals surface area contributed by atoms with Crippen molar-refractivity contribution in [2.24, 2.45) is 0 Å². The molecule has 1 heterocycles. The van der Waals surface area contributed by atoms with Crippen LogP contribution in [0.2, 0.25) is 0 Å². The predicted octanol–water partition coefficient (Wildman–Crippen LogP) is 3.10. The predicted molar refractivity (Wildman–Crippen MR) is 55.6 cm³/mol. The topological polar surface area (TPSA) is 25.8 Å². The highest BCUT2D eigenvalue weighted by Crippen LogP contribution is 2.11. The Morgan fingerprint density at radius 1 is 1.21 bits per heavy atom. The van der Waals surface area contributed by atoms with Gasteiger partial charge in [0, 0.05) is 17.6 Å². The van der Waals surface area contributed by atoms with Crippen LogP contribution in [-0.4, -0.2) is 9.97 Å². The Bertz CT molecular complexity index is 390. The van der Waals surface area contributed by atoms with Crippen LogP contribution in [0.15, 0.2) is 24.4 Å². The van der Waals surface area contributed by atoms with Crippen molar-refractivity contribution in [3.05, 3.63) is 36.0 Å². The minimum absolute atomic E-state index is 0.263. The summed E-state index contributed by atoms with van der Waals surface area (Å²) < 4.78 is 12.7. The van der Waals surface area contributed by atoms with E-state index in [1.54, 1.807) is 19.2 Å². The summed E-state index contributed by atoms with van der Waals surface area (Å²) in [5.41, 5.74) is 0.655. The number of fused-ring (bicyclic) bond motifs is 1. The van der Waals surface area contributed by atoms with E-state index >= 15 is 0 Å². The zero-order valence-electron chi connectivity index (χ0n) is 8.58. The second kappa shape index (κ2) is 4.65. The second-order valence-corrected chi connectivity index (χ2v) is 2.62. The Hall–Kier alpha value is -1.51. The molecule has 0 aliphatic carbocycles. The van der Waals surface area contributed by atoms with Gasteiger partial charge in [0.15, 0.2) is 0 Å². The summed E-state index contributed by atoms with van der Waals surface area (Å²) in [6.45, 7) is 5.78. The van der Waals surface area contributed by atoms with Crippen LogP contribution in [0, 0.1) is 12.7 Å². The van der Waals surface area contributed by atoms with Crippen molar-refractivity contribution in [2.75, 3.05) is 0 Å². The first kappa shape index (κ1) is 10.6. The lowest BCUT2D eigenvalue weighted by Gasteiger charge is -1.96. The maximum atomic E-state index is 12.7. The van der Waals surface area contributed by atoms with E-state index in [0.29, 0.717) is 11.3 Å². The third kappa shape index (κ3) is 2.25. The molecule has 0 fully saturated rings. The Morgan fingerprint density at radius 2 is 1.93 bits per heavy atom. The summed E-state index contributed by atoms with van der Waals surface area (Å²) in [5, 5.41) is 0.863. The molecule has 1 aromatic heterocycles. The molecule has 0 N–H and O–H groups in total. The monoisotopic (exact) mass is 192 g/mol. The normalized spacial score (nSPS) is 9.43. The van der Waals surface area contributed by atoms with Crippen molar-refractivity contribution in [3.8, 4) is 0 Å². The lowest BCUT2D eigenvalue weighted by molar-refractivity contribution is 0.629. The van der Waals surface area contributed by atoms with Crippen molar-refractivity contribution < 1.29 is 4.39 Å². The summed E-state index contributed by atoms with van der Waals surface area (Å²) in [4.78, 5) is 8.09. The highest BCUT2D eigenvalue weighted by Gasteiger charge is 1.97. The zero-order chi connectivity index (χ0) is 10.6. The molecule has 0 unspecified atom stereocenters. The molecule has 2 nitrogen and oxygen atoms in total. The standard InChI is InChI=1S/C9H7FN2.C2H6/c1-6-11-5-7-2-3-8(10)4-9(7)12-6;1-2/h2-5H,1H3;1-2H3. The molecule has 0 aliphatic heterocycles. The molecule has 2 aromatic rings. The van der Waals surface area contributed by atoms with E-state index in [2.05, 4.69) is 9.97 Å². The van der Waals surface area contributed by atoms with Gasteiger partial charge in [0.25, 0.3) is 0 Å². The van der Waals surface area contributed by atoms with Gasteiger partial charge < -0.3 is 0 Å². The van der Waals surface area contributed by atoms with E-state index < -0.39 is 0 Å². The molecule has 0 saturated heterocycles. The van der Waals surface area contributed by atoms with E-state index in [9.17, 15) is 4.39 Å². The van der Waals surface area contributed by atoms with Crippen LogP contribution in [-0.2, 0) is 0 Å². The first-order valence-corrected chi connectivity index (χ1v) is 4.64. The second-order valence-electron chi connectivity index (χ2n) is 2.62. The molecule has 0 amide bonds. The largest absolute Gasteiger partial charge is 0.241 e. The lowest BCUT2D eigenvalue weighted by atomic mass is 10.2. The van der Waals surface area contributed by atoms with Crippen LogP contribution < -0.4 is 0 Å². The number of hydrogen-bond acceptors (Lipinski definition) is 2. The summed E-state index contributed by atoms with van der Waals surface area (Å²) >= 11 is 0. The molecule has 14 heavy (non-hydrogen) atoms. The molecule has 1 aromatic carbocycles. The van der Waals surface area contributed by atoms with Gasteiger partial charge in [0.05, 0.1) is 5.52 Å². The minimum atomic E-state index is -0.263. The minimum Gasteiger partial charge on any atom is -0.241 e. The maximum absolute atomic E-state index is 12.7. The van der Waals surface area contributed by atoms with E-state index in [1.807, 2.05) is 13.8 Å². The molecular weight excluding hydrogens is 179 g/mol. The molecule has 0 aliphatic rings. The number of aryl methyl sites for hydroxylation is 1. The summed E-state index contributed by atoms with van der Waals surface area (Å²) in [7, 11) is 0. The highest BCUT2D eigenvalue weighted by atomic mass is 19.1. The van der Waals surface area contributed by atoms with Gasteiger partial charge in [-0.25, -0.2) is 14.4 Å². The first-order valence-electron chi connectivity index (χ1n) is 4.64. The average Bonchev–Trinajstić information content (AvgIpc) is 2.20. The quantitative estimate of drug-likeness (QED) is 0.641. The third-order valence-electron chi connectivity index (χ3n) is 1.67. The fourth-order valence-electron chi connectivity index (χ4n) is 1.09. The fourth-order valence-corrected chi connectivity index (χ4v) is 1.09. The van der Waals surface area contributed by atoms with Gasteiger partial charge in [-0.1, -0.05) is 13.8 Å². The maximum Gasteiger partial charge on any atom is 0.125 e. The van der Waals surface area contributed by atoms with Crippen LogP contribution in [0.25, 0.3) is 10.9 Å². The van der Waals surface area contributed by atoms with Crippen molar-refractivity contribution in [1.29, 1.82) is 0 Å². The molecule has 0 radical (unpaired) electrons. The molecule has 0 atom stereocenters. The fraction of sp³-hybridized carbons (Fsp3) is 0.273. The van der Waals surface area contributed by atoms with E-state index in [0.717, 1.165) is 5.39 Å². The van der Waals surface area contributed by atoms with Crippen LogP contribution in [0.4, 0.5) is 4.39 Å². The zero-order valence-corrected chi connectivity index (χ0v) is 8.58. The van der Waals surface area contributed by atoms with E-state index in [1.165, 1.54) is 12.1 Å². The molecule has 2 rings (SSSR count). The Labute approximate surface area is 82.8 Å². The van der Waals surface area contributed by atoms with Gasteiger partial charge in [0.2, 0.25) is 0 Å². The van der Waals surface area contributed by atoms with Crippen LogP contribution >= 0.6 is 0 Å². The molecule has 0 bridgehead atoms. The van der Waals surface area contributed by atoms with Gasteiger partial charge in [-0.15, -0.1) is 0 Å². The SMILES string of the molecule is CC.Cc1ncc2ccc(F)cc2n1. The summed E-state index contributed by atoms with van der Waals surface area (Å²) in [5.74, 6) is 0.397. The molecule has 0 spiro atoms. The van der Waals surface area contributed by atoms with Crippen LogP contribution in [0.1, 0.15) is 19.7 Å². The van der Waals surface area contributed by atoms with Crippen molar-refractivity contribution in [3.63, 3.8) is 0 Å². The molecule has 0 saturated carbocycles. The van der Waals surface area contributed by atoms with E-state index in [4.69, 9.17) is 0 Å². The summed E-state index contributed by atoms with van der Waals surface area (Å²) in [6.07, 6.45) is 1.69. The Balaban J connectivity index is 0.000000461. The number of benzene rings is 1. The van der Waals surface area contributed by atoms with E-state index in [-0.39, 0.29) is 5.82 Å². The lowest BCUT2D eigenvalue weighted by Crippen LogP contribution is -1.87. The molecule has 74 valence electrons. The number of nitrogens with zero attached hydrogens (tertiary/aromatic N) is 2. The smallest absolute Gasteiger partial charge is 0.125 e. The van der Waals surface area contributed by atoms with Crippen molar-refractivity contribution >= 4 is 10.9 Å². The third-order valence-corrected chi connectivity index (χ3v) is 1.67. The number of aromatic nitrogens is 2. The number of rotatable bonds is 0. The van der Waals surface area contributed by atoms with Crippen LogP contribution in [0.3, 0.4) is 0 Å². The average molecular weight is 192 g/mol. The highest BCUT2D eigenvalue weighted by molar-refractivity contribution is 5.77. The number of hydrogen-bond donors (Lipinski definition) is 0. The Morgan fingerprint density at radius 3 is 2.64 bits per heavy atom. The van der Waals surface area contributed by atoms with Gasteiger partial charge >= 0.3 is 0 Å². The Kier molecular flexibility index (Phi) is 3.51. The van der Waals surface area contributed by atoms with Gasteiger partial charge in [-0.2, -0.15) is 0 Å². The molecular formula is C11H13FN2. The van der Waals surface area contributed by atoms with Crippen LogP contribution in [0.5, 0.6) is 0 Å². The van der Waals surface area contributed by atoms with Crippen molar-refractivity contribution in [2.45, 2.75) is 20.8 Å². The first-order chi connectivity index (χ1) is 6.75. The summed E-state index contributed by atoms with van der Waals surface area (Å²) in [6, 6.07) is 4.48. The molecule has 3 heteroatoms. The van der Waals surface area contributed by atoms with Gasteiger partial charge in [0.1, 0.15) is 11.6 Å².